The molecule has 0 aliphatic carbocycles. The standard InChI is InChI=1S/C19H26F2N4O/c1-5-24(6-2)10-9-19(26)23-13(3)16-12-22-25(14(16)4)18-8-7-15(20)11-17(18)21/h7-8,11-13H,5-6,9-10H2,1-4H3,(H,23,26). The number of amides is 1. The SMILES string of the molecule is CCN(CC)CCC(=O)NC(C)c1cnn(-c2ccc(F)cc2F)c1C. The molecule has 2 rings (SSSR count). The van der Waals surface area contributed by atoms with Crippen LogP contribution in [0.25, 0.3) is 5.69 Å². The lowest BCUT2D eigenvalue weighted by Gasteiger charge is -2.19. The van der Waals surface area contributed by atoms with Gasteiger partial charge in [-0.25, -0.2) is 13.5 Å². The Morgan fingerprint density at radius 2 is 2.00 bits per heavy atom. The van der Waals surface area contributed by atoms with Crippen LogP contribution in [0.1, 0.15) is 44.5 Å². The first kappa shape index (κ1) is 20.0. The van der Waals surface area contributed by atoms with Crippen molar-refractivity contribution in [1.82, 2.24) is 20.0 Å². The van der Waals surface area contributed by atoms with E-state index in [1.807, 2.05) is 6.92 Å². The van der Waals surface area contributed by atoms with Gasteiger partial charge in [0, 0.05) is 30.3 Å². The fourth-order valence-electron chi connectivity index (χ4n) is 2.93. The van der Waals surface area contributed by atoms with Gasteiger partial charge in [-0.15, -0.1) is 0 Å². The highest BCUT2D eigenvalue weighted by Crippen LogP contribution is 2.22. The zero-order valence-electron chi connectivity index (χ0n) is 15.7. The Labute approximate surface area is 153 Å². The summed E-state index contributed by atoms with van der Waals surface area (Å²) in [5.74, 6) is -1.35. The molecule has 2 aromatic rings. The van der Waals surface area contributed by atoms with Crippen molar-refractivity contribution in [3.63, 3.8) is 0 Å². The molecule has 7 heteroatoms. The van der Waals surface area contributed by atoms with Crippen LogP contribution in [0.3, 0.4) is 0 Å². The van der Waals surface area contributed by atoms with Crippen molar-refractivity contribution in [3.05, 3.63) is 47.3 Å². The van der Waals surface area contributed by atoms with Gasteiger partial charge in [0.25, 0.3) is 0 Å². The first-order chi connectivity index (χ1) is 12.4. The minimum absolute atomic E-state index is 0.0375. The number of aromatic nitrogens is 2. The lowest BCUT2D eigenvalue weighted by molar-refractivity contribution is -0.122. The van der Waals surface area contributed by atoms with E-state index in [9.17, 15) is 13.6 Å². The van der Waals surface area contributed by atoms with Crippen LogP contribution in [-0.2, 0) is 4.79 Å². The van der Waals surface area contributed by atoms with E-state index in [0.29, 0.717) is 18.7 Å². The normalized spacial score (nSPS) is 12.4. The predicted molar refractivity (Wildman–Crippen MR) is 97.2 cm³/mol. The third-order valence-corrected chi connectivity index (χ3v) is 4.58. The molecule has 1 atom stereocenters. The van der Waals surface area contributed by atoms with Crippen LogP contribution in [0.2, 0.25) is 0 Å². The monoisotopic (exact) mass is 364 g/mol. The Morgan fingerprint density at radius 1 is 1.31 bits per heavy atom. The lowest BCUT2D eigenvalue weighted by Crippen LogP contribution is -2.32. The smallest absolute Gasteiger partial charge is 0.221 e. The molecule has 0 fully saturated rings. The number of nitrogens with zero attached hydrogens (tertiary/aromatic N) is 3. The van der Waals surface area contributed by atoms with Gasteiger partial charge in [0.15, 0.2) is 5.82 Å². The zero-order chi connectivity index (χ0) is 19.3. The van der Waals surface area contributed by atoms with Gasteiger partial charge < -0.3 is 10.2 Å². The van der Waals surface area contributed by atoms with E-state index in [-0.39, 0.29) is 17.6 Å². The fraction of sp³-hybridized carbons (Fsp3) is 0.474. The highest BCUT2D eigenvalue weighted by atomic mass is 19.1. The molecule has 0 saturated carbocycles. The van der Waals surface area contributed by atoms with Crippen LogP contribution in [0.15, 0.2) is 24.4 Å². The maximum Gasteiger partial charge on any atom is 0.221 e. The molecule has 1 aromatic carbocycles. The highest BCUT2D eigenvalue weighted by molar-refractivity contribution is 5.76. The second-order valence-electron chi connectivity index (χ2n) is 6.26. The number of hydrogen-bond donors (Lipinski definition) is 1. The van der Waals surface area contributed by atoms with E-state index >= 15 is 0 Å². The van der Waals surface area contributed by atoms with E-state index in [2.05, 4.69) is 29.2 Å². The third kappa shape index (κ3) is 4.66. The number of nitrogens with one attached hydrogen (secondary N) is 1. The first-order valence-corrected chi connectivity index (χ1v) is 8.89. The van der Waals surface area contributed by atoms with Crippen molar-refractivity contribution in [1.29, 1.82) is 0 Å². The summed E-state index contributed by atoms with van der Waals surface area (Å²) >= 11 is 0. The van der Waals surface area contributed by atoms with Gasteiger partial charge in [-0.3, -0.25) is 4.79 Å². The van der Waals surface area contributed by atoms with Crippen LogP contribution in [0.4, 0.5) is 8.78 Å². The van der Waals surface area contributed by atoms with Crippen molar-refractivity contribution >= 4 is 5.91 Å². The summed E-state index contributed by atoms with van der Waals surface area (Å²) in [6.07, 6.45) is 2.03. The number of benzene rings is 1. The molecule has 26 heavy (non-hydrogen) atoms. The first-order valence-electron chi connectivity index (χ1n) is 8.89. The maximum atomic E-state index is 14.0. The van der Waals surface area contributed by atoms with Crippen molar-refractivity contribution in [3.8, 4) is 5.69 Å². The number of carbonyl (C=O) groups is 1. The average molecular weight is 364 g/mol. The molecular formula is C19H26F2N4O. The summed E-state index contributed by atoms with van der Waals surface area (Å²) in [7, 11) is 0. The minimum atomic E-state index is -0.682. The van der Waals surface area contributed by atoms with E-state index in [1.165, 1.54) is 16.8 Å². The average Bonchev–Trinajstić information content (AvgIpc) is 2.97. The van der Waals surface area contributed by atoms with Gasteiger partial charge in [0.1, 0.15) is 11.5 Å². The van der Waals surface area contributed by atoms with Gasteiger partial charge in [0.2, 0.25) is 5.91 Å². The molecule has 1 N–H and O–H groups in total. The van der Waals surface area contributed by atoms with Crippen molar-refractivity contribution in [2.24, 2.45) is 0 Å². The summed E-state index contributed by atoms with van der Waals surface area (Å²) in [5, 5.41) is 7.16. The van der Waals surface area contributed by atoms with Crippen LogP contribution in [0, 0.1) is 18.6 Å². The van der Waals surface area contributed by atoms with Crippen LogP contribution < -0.4 is 5.32 Å². The van der Waals surface area contributed by atoms with Crippen molar-refractivity contribution < 1.29 is 13.6 Å². The molecule has 1 unspecified atom stereocenters. The number of carbonyl (C=O) groups excluding carboxylic acids is 1. The van der Waals surface area contributed by atoms with Gasteiger partial charge >= 0.3 is 0 Å². The van der Waals surface area contributed by atoms with E-state index < -0.39 is 11.6 Å². The van der Waals surface area contributed by atoms with Crippen LogP contribution >= 0.6 is 0 Å². The summed E-state index contributed by atoms with van der Waals surface area (Å²) in [4.78, 5) is 14.4. The molecule has 0 spiro atoms. The molecule has 5 nitrogen and oxygen atoms in total. The lowest BCUT2D eigenvalue weighted by atomic mass is 10.1. The van der Waals surface area contributed by atoms with Gasteiger partial charge in [-0.1, -0.05) is 13.8 Å². The molecule has 0 bridgehead atoms. The van der Waals surface area contributed by atoms with E-state index in [1.54, 1.807) is 13.1 Å². The topological polar surface area (TPSA) is 50.2 Å². The quantitative estimate of drug-likeness (QED) is 0.781. The Balaban J connectivity index is 2.07. The summed E-state index contributed by atoms with van der Waals surface area (Å²) < 4.78 is 28.5. The zero-order valence-corrected chi connectivity index (χ0v) is 15.7. The Kier molecular flexibility index (Phi) is 6.85. The molecule has 0 aliphatic rings. The molecule has 0 radical (unpaired) electrons. The maximum absolute atomic E-state index is 14.0. The number of rotatable bonds is 8. The van der Waals surface area contributed by atoms with Crippen LogP contribution in [0.5, 0.6) is 0 Å². The summed E-state index contributed by atoms with van der Waals surface area (Å²) in [6, 6.07) is 3.12. The molecule has 1 amide bonds. The number of hydrogen-bond acceptors (Lipinski definition) is 3. The Morgan fingerprint density at radius 3 is 2.62 bits per heavy atom. The Bertz CT molecular complexity index is 756. The van der Waals surface area contributed by atoms with Crippen molar-refractivity contribution in [2.45, 2.75) is 40.2 Å². The molecule has 1 heterocycles. The molecule has 0 saturated heterocycles. The second kappa shape index (κ2) is 8.89. The molecule has 142 valence electrons. The van der Waals surface area contributed by atoms with Gasteiger partial charge in [-0.05, 0) is 39.1 Å². The van der Waals surface area contributed by atoms with Gasteiger partial charge in [-0.2, -0.15) is 5.10 Å². The summed E-state index contributed by atoms with van der Waals surface area (Å²) in [5.41, 5.74) is 1.67. The molecule has 1 aromatic heterocycles. The summed E-state index contributed by atoms with van der Waals surface area (Å²) in [6.45, 7) is 10.3. The van der Waals surface area contributed by atoms with Gasteiger partial charge in [0.05, 0.1) is 12.2 Å². The van der Waals surface area contributed by atoms with Crippen molar-refractivity contribution in [2.75, 3.05) is 19.6 Å². The van der Waals surface area contributed by atoms with Crippen LogP contribution in [-0.4, -0.2) is 40.2 Å². The fourth-order valence-corrected chi connectivity index (χ4v) is 2.93. The second-order valence-corrected chi connectivity index (χ2v) is 6.26. The molecular weight excluding hydrogens is 338 g/mol. The number of halogens is 2. The Hall–Kier alpha value is -2.28. The van der Waals surface area contributed by atoms with E-state index in [4.69, 9.17) is 0 Å². The third-order valence-electron chi connectivity index (χ3n) is 4.58. The molecule has 0 aliphatic heterocycles. The highest BCUT2D eigenvalue weighted by Gasteiger charge is 2.18. The predicted octanol–water partition coefficient (Wildman–Crippen LogP) is 3.37. The van der Waals surface area contributed by atoms with E-state index in [0.717, 1.165) is 24.7 Å². The minimum Gasteiger partial charge on any atom is -0.349 e. The largest absolute Gasteiger partial charge is 0.349 e.